The van der Waals surface area contributed by atoms with Gasteiger partial charge in [-0.25, -0.2) is 8.78 Å². The van der Waals surface area contributed by atoms with Gasteiger partial charge in [-0.1, -0.05) is 23.1 Å². The van der Waals surface area contributed by atoms with E-state index in [4.69, 9.17) is 4.74 Å². The van der Waals surface area contributed by atoms with Crippen LogP contribution >= 0.6 is 23.1 Å². The lowest BCUT2D eigenvalue weighted by atomic mass is 10.3. The van der Waals surface area contributed by atoms with E-state index in [-0.39, 0.29) is 11.6 Å². The molecule has 1 aromatic carbocycles. The smallest absolute Gasteiger partial charge is 0.237 e. The Kier molecular flexibility index (Phi) is 6.88. The molecule has 6 nitrogen and oxygen atoms in total. The second-order valence-corrected chi connectivity index (χ2v) is 7.24. The first-order valence-electron chi connectivity index (χ1n) is 6.98. The van der Waals surface area contributed by atoms with Crippen LogP contribution in [0.25, 0.3) is 0 Å². The van der Waals surface area contributed by atoms with E-state index in [0.717, 1.165) is 12.1 Å². The van der Waals surface area contributed by atoms with Gasteiger partial charge < -0.3 is 15.4 Å². The Morgan fingerprint density at radius 3 is 2.88 bits per heavy atom. The van der Waals surface area contributed by atoms with Crippen molar-refractivity contribution in [2.24, 2.45) is 0 Å². The molecule has 0 saturated carbocycles. The molecule has 10 heteroatoms. The van der Waals surface area contributed by atoms with Crippen molar-refractivity contribution in [3.05, 3.63) is 29.8 Å². The molecule has 130 valence electrons. The number of aromatic nitrogens is 2. The molecule has 0 saturated heterocycles. The van der Waals surface area contributed by atoms with Crippen molar-refractivity contribution in [3.63, 3.8) is 0 Å². The third-order valence-electron chi connectivity index (χ3n) is 2.82. The summed E-state index contributed by atoms with van der Waals surface area (Å²) in [6, 6.07) is 3.20. The number of ether oxygens (including phenoxy) is 1. The quantitative estimate of drug-likeness (QED) is 0.546. The number of carbonyl (C=O) groups is 1. The third kappa shape index (κ3) is 5.39. The molecule has 0 spiro atoms. The minimum atomic E-state index is -1.01. The van der Waals surface area contributed by atoms with Gasteiger partial charge in [-0.3, -0.25) is 4.79 Å². The zero-order valence-corrected chi connectivity index (χ0v) is 14.6. The summed E-state index contributed by atoms with van der Waals surface area (Å²) in [7, 11) is 1.61. The first-order chi connectivity index (χ1) is 11.5. The number of hydrogen-bond acceptors (Lipinski definition) is 7. The molecule has 0 fully saturated rings. The summed E-state index contributed by atoms with van der Waals surface area (Å²) in [6.45, 7) is 2.86. The van der Waals surface area contributed by atoms with E-state index >= 15 is 0 Å². The van der Waals surface area contributed by atoms with E-state index in [9.17, 15) is 13.6 Å². The Bertz CT molecular complexity index is 699. The van der Waals surface area contributed by atoms with Crippen LogP contribution in [0.15, 0.2) is 22.5 Å². The van der Waals surface area contributed by atoms with E-state index in [1.807, 2.05) is 0 Å². The molecule has 0 unspecified atom stereocenters. The molecule has 2 N–H and O–H groups in total. The van der Waals surface area contributed by atoms with Gasteiger partial charge in [0.05, 0.1) is 11.9 Å². The molecule has 1 heterocycles. The number of nitrogens with one attached hydrogen (secondary N) is 2. The van der Waals surface area contributed by atoms with Crippen LogP contribution in [-0.2, 0) is 9.53 Å². The zero-order chi connectivity index (χ0) is 17.5. The van der Waals surface area contributed by atoms with E-state index < -0.39 is 16.9 Å². The average Bonchev–Trinajstić information content (AvgIpc) is 2.98. The molecular weight excluding hydrogens is 358 g/mol. The summed E-state index contributed by atoms with van der Waals surface area (Å²) in [5.74, 6) is -2.31. The molecule has 1 aromatic heterocycles. The zero-order valence-electron chi connectivity index (χ0n) is 13.0. The second kappa shape index (κ2) is 8.90. The van der Waals surface area contributed by atoms with Gasteiger partial charge in [-0.2, -0.15) is 0 Å². The molecule has 0 bridgehead atoms. The summed E-state index contributed by atoms with van der Waals surface area (Å²) in [4.78, 5) is 12.1. The van der Waals surface area contributed by atoms with Crippen molar-refractivity contribution < 1.29 is 18.3 Å². The van der Waals surface area contributed by atoms with Gasteiger partial charge in [0, 0.05) is 25.4 Å². The third-order valence-corrected chi connectivity index (χ3v) is 4.89. The predicted molar refractivity (Wildman–Crippen MR) is 90.6 cm³/mol. The van der Waals surface area contributed by atoms with Crippen molar-refractivity contribution in [2.75, 3.05) is 30.9 Å². The molecule has 0 radical (unpaired) electrons. The highest BCUT2D eigenvalue weighted by Crippen LogP contribution is 2.29. The number of thioether (sulfide) groups is 1. The Balaban J connectivity index is 1.88. The van der Waals surface area contributed by atoms with Crippen LogP contribution in [0, 0.1) is 11.6 Å². The fourth-order valence-electron chi connectivity index (χ4n) is 1.61. The lowest BCUT2D eigenvalue weighted by Gasteiger charge is -2.10. The minimum Gasteiger partial charge on any atom is -0.383 e. The maximum Gasteiger partial charge on any atom is 0.237 e. The molecular formula is C14H16F2N4O2S2. The van der Waals surface area contributed by atoms with Gasteiger partial charge >= 0.3 is 0 Å². The van der Waals surface area contributed by atoms with Gasteiger partial charge in [0.25, 0.3) is 0 Å². The number of benzene rings is 1. The van der Waals surface area contributed by atoms with Gasteiger partial charge in [0.1, 0.15) is 0 Å². The van der Waals surface area contributed by atoms with Crippen LogP contribution < -0.4 is 10.6 Å². The van der Waals surface area contributed by atoms with Crippen LogP contribution in [0.3, 0.4) is 0 Å². The van der Waals surface area contributed by atoms with Crippen molar-refractivity contribution in [3.8, 4) is 0 Å². The Morgan fingerprint density at radius 1 is 1.38 bits per heavy atom. The van der Waals surface area contributed by atoms with Gasteiger partial charge in [-0.15, -0.1) is 10.2 Å². The van der Waals surface area contributed by atoms with Crippen LogP contribution in [0.5, 0.6) is 0 Å². The highest BCUT2D eigenvalue weighted by molar-refractivity contribution is 8.02. The summed E-state index contributed by atoms with van der Waals surface area (Å²) >= 11 is 2.56. The fourth-order valence-corrected chi connectivity index (χ4v) is 3.53. The summed E-state index contributed by atoms with van der Waals surface area (Å²) in [5, 5.41) is 13.7. The molecule has 0 aliphatic rings. The first-order valence-corrected chi connectivity index (χ1v) is 8.68. The molecule has 0 aliphatic carbocycles. The topological polar surface area (TPSA) is 76.1 Å². The maximum absolute atomic E-state index is 13.1. The highest BCUT2D eigenvalue weighted by atomic mass is 32.2. The van der Waals surface area contributed by atoms with Crippen molar-refractivity contribution in [1.82, 2.24) is 10.2 Å². The standard InChI is InChI=1S/C14H16F2N4O2S2/c1-8(12(21)18-9-3-4-10(15)11(16)7-9)23-14-20-19-13(24-14)17-5-6-22-2/h3-4,7-8H,5-6H2,1-2H3,(H,17,19)(H,18,21)/t8-/m0/s1. The second-order valence-electron chi connectivity index (χ2n) is 4.67. The van der Waals surface area contributed by atoms with Crippen molar-refractivity contribution in [2.45, 2.75) is 16.5 Å². The van der Waals surface area contributed by atoms with E-state index in [2.05, 4.69) is 20.8 Å². The number of anilines is 2. The highest BCUT2D eigenvalue weighted by Gasteiger charge is 2.18. The number of rotatable bonds is 8. The lowest BCUT2D eigenvalue weighted by molar-refractivity contribution is -0.115. The minimum absolute atomic E-state index is 0.200. The number of methoxy groups -OCH3 is 1. The molecule has 2 rings (SSSR count). The van der Waals surface area contributed by atoms with E-state index in [1.165, 1.54) is 29.2 Å². The predicted octanol–water partition coefficient (Wildman–Crippen LogP) is 2.99. The van der Waals surface area contributed by atoms with Gasteiger partial charge in [0.2, 0.25) is 11.0 Å². The fraction of sp³-hybridized carbons (Fsp3) is 0.357. The summed E-state index contributed by atoms with van der Waals surface area (Å²) in [5.41, 5.74) is 0.200. The van der Waals surface area contributed by atoms with E-state index in [1.54, 1.807) is 14.0 Å². The average molecular weight is 374 g/mol. The number of halogens is 2. The maximum atomic E-state index is 13.1. The molecule has 1 atom stereocenters. The largest absolute Gasteiger partial charge is 0.383 e. The van der Waals surface area contributed by atoms with Crippen molar-refractivity contribution >= 4 is 39.8 Å². The van der Waals surface area contributed by atoms with Crippen LogP contribution in [0.1, 0.15) is 6.92 Å². The lowest BCUT2D eigenvalue weighted by Crippen LogP contribution is -2.22. The van der Waals surface area contributed by atoms with Crippen LogP contribution in [0.2, 0.25) is 0 Å². The summed E-state index contributed by atoms with van der Waals surface area (Å²) in [6.07, 6.45) is 0. The number of hydrogen-bond donors (Lipinski definition) is 2. The van der Waals surface area contributed by atoms with E-state index in [0.29, 0.717) is 22.6 Å². The number of amides is 1. The molecule has 2 aromatic rings. The summed E-state index contributed by atoms with van der Waals surface area (Å²) < 4.78 is 31.6. The molecule has 0 aliphatic heterocycles. The monoisotopic (exact) mass is 374 g/mol. The SMILES string of the molecule is COCCNc1nnc(S[C@@H](C)C(=O)Nc2ccc(F)c(F)c2)s1. The van der Waals surface area contributed by atoms with Crippen LogP contribution in [-0.4, -0.2) is 41.6 Å². The molecule has 1 amide bonds. The van der Waals surface area contributed by atoms with Crippen LogP contribution in [0.4, 0.5) is 19.6 Å². The molecule has 24 heavy (non-hydrogen) atoms. The number of carbonyl (C=O) groups excluding carboxylic acids is 1. The van der Waals surface area contributed by atoms with Crippen molar-refractivity contribution in [1.29, 1.82) is 0 Å². The van der Waals surface area contributed by atoms with Gasteiger partial charge in [0.15, 0.2) is 16.0 Å². The normalized spacial score (nSPS) is 12.0. The first kappa shape index (κ1) is 18.6. The Labute approximate surface area is 146 Å². The van der Waals surface area contributed by atoms with Gasteiger partial charge in [-0.05, 0) is 19.1 Å². The Morgan fingerprint density at radius 2 is 2.17 bits per heavy atom. The Hall–Kier alpha value is -1.78. The number of nitrogens with zero attached hydrogens (tertiary/aromatic N) is 2.